The molecule has 92 valence electrons. The number of halogens is 2. The summed E-state index contributed by atoms with van der Waals surface area (Å²) in [4.78, 5) is 11.5. The summed E-state index contributed by atoms with van der Waals surface area (Å²) < 4.78 is 13.9. The molecule has 1 fully saturated rings. The maximum atomic E-state index is 13.1. The first-order valence-corrected chi connectivity index (χ1v) is 6.41. The lowest BCUT2D eigenvalue weighted by Gasteiger charge is -2.23. The average Bonchev–Trinajstić information content (AvgIpc) is 2.32. The number of nitrogens with one attached hydrogen (secondary N) is 2. The van der Waals surface area contributed by atoms with E-state index in [2.05, 4.69) is 26.6 Å². The molecule has 0 aliphatic carbocycles. The van der Waals surface area contributed by atoms with Gasteiger partial charge in [-0.3, -0.25) is 4.79 Å². The summed E-state index contributed by atoms with van der Waals surface area (Å²) in [5.41, 5.74) is 0.823. The average molecular weight is 301 g/mol. The SMILES string of the molecule is O=C1NCCCC1NCc1cc(F)ccc1Br. The zero-order valence-electron chi connectivity index (χ0n) is 9.30. The standard InChI is InChI=1S/C12H14BrFN2O/c13-10-4-3-9(14)6-8(10)7-16-11-2-1-5-15-12(11)17/h3-4,6,11,16H,1-2,5,7H2,(H,15,17). The van der Waals surface area contributed by atoms with E-state index < -0.39 is 0 Å². The highest BCUT2D eigenvalue weighted by Gasteiger charge is 2.21. The van der Waals surface area contributed by atoms with E-state index in [0.717, 1.165) is 29.4 Å². The number of piperidine rings is 1. The van der Waals surface area contributed by atoms with Crippen LogP contribution in [0.4, 0.5) is 4.39 Å². The van der Waals surface area contributed by atoms with Crippen molar-refractivity contribution >= 4 is 21.8 Å². The van der Waals surface area contributed by atoms with Crippen LogP contribution >= 0.6 is 15.9 Å². The number of rotatable bonds is 3. The van der Waals surface area contributed by atoms with Crippen molar-refractivity contribution in [3.63, 3.8) is 0 Å². The molecule has 1 saturated heterocycles. The number of benzene rings is 1. The summed E-state index contributed by atoms with van der Waals surface area (Å²) in [6, 6.07) is 4.38. The van der Waals surface area contributed by atoms with E-state index >= 15 is 0 Å². The fraction of sp³-hybridized carbons (Fsp3) is 0.417. The van der Waals surface area contributed by atoms with Crippen molar-refractivity contribution in [1.29, 1.82) is 0 Å². The number of carbonyl (C=O) groups excluding carboxylic acids is 1. The van der Waals surface area contributed by atoms with Crippen LogP contribution in [0.15, 0.2) is 22.7 Å². The Morgan fingerprint density at radius 2 is 2.35 bits per heavy atom. The minimum absolute atomic E-state index is 0.0313. The lowest BCUT2D eigenvalue weighted by molar-refractivity contribution is -0.124. The Labute approximate surface area is 108 Å². The molecule has 0 bridgehead atoms. The van der Waals surface area contributed by atoms with Gasteiger partial charge in [0.05, 0.1) is 6.04 Å². The zero-order chi connectivity index (χ0) is 12.3. The normalized spacial score (nSPS) is 20.1. The van der Waals surface area contributed by atoms with Gasteiger partial charge < -0.3 is 10.6 Å². The lowest BCUT2D eigenvalue weighted by Crippen LogP contribution is -2.47. The first-order valence-electron chi connectivity index (χ1n) is 5.62. The zero-order valence-corrected chi connectivity index (χ0v) is 10.9. The molecule has 2 rings (SSSR count). The van der Waals surface area contributed by atoms with Crippen molar-refractivity contribution in [3.8, 4) is 0 Å². The maximum Gasteiger partial charge on any atom is 0.237 e. The third-order valence-corrected chi connectivity index (χ3v) is 3.61. The van der Waals surface area contributed by atoms with Crippen LogP contribution in [0.1, 0.15) is 18.4 Å². The second-order valence-corrected chi connectivity index (χ2v) is 4.96. The number of carbonyl (C=O) groups is 1. The summed E-state index contributed by atoms with van der Waals surface area (Å²) >= 11 is 3.36. The summed E-state index contributed by atoms with van der Waals surface area (Å²) in [5.74, 6) is -0.234. The Kier molecular flexibility index (Phi) is 4.12. The van der Waals surface area contributed by atoms with Gasteiger partial charge in [0.25, 0.3) is 0 Å². The fourth-order valence-corrected chi connectivity index (χ4v) is 2.27. The van der Waals surface area contributed by atoms with E-state index in [9.17, 15) is 9.18 Å². The van der Waals surface area contributed by atoms with Crippen LogP contribution in [0.25, 0.3) is 0 Å². The van der Waals surface area contributed by atoms with Gasteiger partial charge in [-0.15, -0.1) is 0 Å². The molecule has 1 aromatic rings. The van der Waals surface area contributed by atoms with Crippen LogP contribution in [0.3, 0.4) is 0 Å². The van der Waals surface area contributed by atoms with Gasteiger partial charge in [0.2, 0.25) is 5.91 Å². The van der Waals surface area contributed by atoms with Crippen LogP contribution in [0.2, 0.25) is 0 Å². The van der Waals surface area contributed by atoms with Crippen LogP contribution in [-0.2, 0) is 11.3 Å². The molecule has 17 heavy (non-hydrogen) atoms. The molecule has 1 amide bonds. The summed E-state index contributed by atoms with van der Waals surface area (Å²) in [7, 11) is 0. The van der Waals surface area contributed by atoms with Crippen LogP contribution in [0.5, 0.6) is 0 Å². The molecule has 0 spiro atoms. The Hall–Kier alpha value is -0.940. The van der Waals surface area contributed by atoms with Crippen molar-refractivity contribution in [3.05, 3.63) is 34.1 Å². The van der Waals surface area contributed by atoms with E-state index in [1.54, 1.807) is 6.07 Å². The number of amides is 1. The molecule has 5 heteroatoms. The van der Waals surface area contributed by atoms with E-state index in [4.69, 9.17) is 0 Å². The Balaban J connectivity index is 1.97. The quantitative estimate of drug-likeness (QED) is 0.896. The minimum atomic E-state index is -0.266. The molecular formula is C12H14BrFN2O. The molecular weight excluding hydrogens is 287 g/mol. The van der Waals surface area contributed by atoms with Crippen molar-refractivity contribution < 1.29 is 9.18 Å². The van der Waals surface area contributed by atoms with Gasteiger partial charge in [0.15, 0.2) is 0 Å². The van der Waals surface area contributed by atoms with Gasteiger partial charge >= 0.3 is 0 Å². The molecule has 0 radical (unpaired) electrons. The van der Waals surface area contributed by atoms with Gasteiger partial charge in [0.1, 0.15) is 5.82 Å². The van der Waals surface area contributed by atoms with Gasteiger partial charge in [0, 0.05) is 17.6 Å². The molecule has 2 N–H and O–H groups in total. The first kappa shape index (κ1) is 12.5. The van der Waals surface area contributed by atoms with Gasteiger partial charge in [-0.05, 0) is 36.6 Å². The number of hydrogen-bond donors (Lipinski definition) is 2. The van der Waals surface area contributed by atoms with E-state index in [0.29, 0.717) is 6.54 Å². The summed E-state index contributed by atoms with van der Waals surface area (Å²) in [6.07, 6.45) is 1.81. The summed E-state index contributed by atoms with van der Waals surface area (Å²) in [5, 5.41) is 5.95. The molecule has 1 aromatic carbocycles. The Bertz CT molecular complexity index is 425. The fourth-order valence-electron chi connectivity index (χ4n) is 1.88. The van der Waals surface area contributed by atoms with Crippen LogP contribution in [-0.4, -0.2) is 18.5 Å². The second-order valence-electron chi connectivity index (χ2n) is 4.10. The highest BCUT2D eigenvalue weighted by Crippen LogP contribution is 2.18. The second kappa shape index (κ2) is 5.60. The maximum absolute atomic E-state index is 13.1. The molecule has 1 aliphatic heterocycles. The van der Waals surface area contributed by atoms with Gasteiger partial charge in [-0.2, -0.15) is 0 Å². The molecule has 0 aromatic heterocycles. The van der Waals surface area contributed by atoms with E-state index in [1.807, 2.05) is 0 Å². The largest absolute Gasteiger partial charge is 0.355 e. The first-order chi connectivity index (χ1) is 8.16. The minimum Gasteiger partial charge on any atom is -0.355 e. The predicted molar refractivity (Wildman–Crippen MR) is 67.0 cm³/mol. The van der Waals surface area contributed by atoms with Gasteiger partial charge in [-0.25, -0.2) is 4.39 Å². The topological polar surface area (TPSA) is 41.1 Å². The van der Waals surface area contributed by atoms with Crippen LogP contribution in [0, 0.1) is 5.82 Å². The molecule has 1 aliphatic rings. The van der Waals surface area contributed by atoms with Crippen molar-refractivity contribution in [2.75, 3.05) is 6.54 Å². The lowest BCUT2D eigenvalue weighted by atomic mass is 10.1. The number of hydrogen-bond acceptors (Lipinski definition) is 2. The third-order valence-electron chi connectivity index (χ3n) is 2.83. The van der Waals surface area contributed by atoms with Crippen molar-refractivity contribution in [2.24, 2.45) is 0 Å². The Morgan fingerprint density at radius 3 is 3.12 bits per heavy atom. The third kappa shape index (κ3) is 3.26. The molecule has 0 saturated carbocycles. The predicted octanol–water partition coefficient (Wildman–Crippen LogP) is 1.96. The highest BCUT2D eigenvalue weighted by molar-refractivity contribution is 9.10. The van der Waals surface area contributed by atoms with E-state index in [-0.39, 0.29) is 17.8 Å². The monoisotopic (exact) mass is 300 g/mol. The molecule has 1 unspecified atom stereocenters. The molecule has 3 nitrogen and oxygen atoms in total. The smallest absolute Gasteiger partial charge is 0.237 e. The van der Waals surface area contributed by atoms with Crippen LogP contribution < -0.4 is 10.6 Å². The van der Waals surface area contributed by atoms with E-state index in [1.165, 1.54) is 12.1 Å². The highest BCUT2D eigenvalue weighted by atomic mass is 79.9. The molecule has 1 heterocycles. The van der Waals surface area contributed by atoms with Gasteiger partial charge in [-0.1, -0.05) is 15.9 Å². The Morgan fingerprint density at radius 1 is 1.53 bits per heavy atom. The van der Waals surface area contributed by atoms with Crippen molar-refractivity contribution in [2.45, 2.75) is 25.4 Å². The summed E-state index contributed by atoms with van der Waals surface area (Å²) in [6.45, 7) is 1.23. The molecule has 1 atom stereocenters. The van der Waals surface area contributed by atoms with Crippen molar-refractivity contribution in [1.82, 2.24) is 10.6 Å².